The number of hydrogen-bond donors (Lipinski definition) is 0. The first kappa shape index (κ1) is 8.02. The molecule has 0 heterocycles. The largest absolute Gasteiger partial charge is 0.299 e. The minimum atomic E-state index is 0.437. The maximum absolute atomic E-state index is 11.6. The van der Waals surface area contributed by atoms with Gasteiger partial charge in [-0.3, -0.25) is 4.79 Å². The predicted octanol–water partition coefficient (Wildman–Crippen LogP) is 2.65. The van der Waals surface area contributed by atoms with Crippen LogP contribution in [0, 0.1) is 29.1 Å². The quantitative estimate of drug-likeness (QED) is 0.557. The third-order valence-corrected chi connectivity index (χ3v) is 5.23. The van der Waals surface area contributed by atoms with E-state index in [4.69, 9.17) is 0 Å². The van der Waals surface area contributed by atoms with Crippen molar-refractivity contribution in [3.63, 3.8) is 0 Å². The molecule has 5 atom stereocenters. The highest BCUT2D eigenvalue weighted by atomic mass is 16.1. The highest BCUT2D eigenvalue weighted by Gasteiger charge is 2.64. The standard InChI is InChI=1S/C12H18O/c1-7-3-4-8-5-9(7)11-10(13)6-12(8,11)2/h7-9,11H,3-6H2,1-2H3/t7?,8-,9-,11+,12+/m1/s1. The molecular formula is C12H18O. The molecule has 1 nitrogen and oxygen atoms in total. The molecule has 2 bridgehead atoms. The molecule has 0 aromatic heterocycles. The SMILES string of the molecule is CC1CC[C@@H]2C[C@H]1[C@H]1C(=O)C[C@@]21C. The van der Waals surface area contributed by atoms with Crippen LogP contribution in [0.1, 0.15) is 39.5 Å². The van der Waals surface area contributed by atoms with Crippen molar-refractivity contribution in [2.75, 3.05) is 0 Å². The lowest BCUT2D eigenvalue weighted by molar-refractivity contribution is -0.143. The number of Topliss-reactive ketones (excluding diaryl/α,β-unsaturated/α-hetero) is 1. The molecule has 1 heteroatoms. The van der Waals surface area contributed by atoms with Crippen LogP contribution in [-0.4, -0.2) is 5.78 Å². The van der Waals surface area contributed by atoms with Crippen LogP contribution in [0.5, 0.6) is 0 Å². The van der Waals surface area contributed by atoms with Gasteiger partial charge in [0.2, 0.25) is 0 Å². The topological polar surface area (TPSA) is 17.1 Å². The summed E-state index contributed by atoms with van der Waals surface area (Å²) in [5.74, 6) is 3.49. The second-order valence-electron chi connectivity index (χ2n) is 5.78. The molecule has 1 unspecified atom stereocenters. The number of fused-ring (bicyclic) bond motifs is 5. The Morgan fingerprint density at radius 2 is 2.15 bits per heavy atom. The second kappa shape index (κ2) is 2.18. The fourth-order valence-electron chi connectivity index (χ4n) is 4.38. The van der Waals surface area contributed by atoms with Crippen molar-refractivity contribution in [2.45, 2.75) is 39.5 Å². The van der Waals surface area contributed by atoms with Crippen LogP contribution in [0.3, 0.4) is 0 Å². The van der Waals surface area contributed by atoms with Crippen LogP contribution in [0.15, 0.2) is 0 Å². The fourth-order valence-corrected chi connectivity index (χ4v) is 4.38. The second-order valence-corrected chi connectivity index (χ2v) is 5.78. The number of hydrogen-bond acceptors (Lipinski definition) is 1. The Labute approximate surface area is 79.9 Å². The van der Waals surface area contributed by atoms with E-state index < -0.39 is 0 Å². The summed E-state index contributed by atoms with van der Waals surface area (Å²) in [5.41, 5.74) is 0.437. The first-order valence-corrected chi connectivity index (χ1v) is 5.65. The molecule has 0 aromatic rings. The Balaban J connectivity index is 1.99. The smallest absolute Gasteiger partial charge is 0.137 e. The number of carbonyl (C=O) groups is 1. The van der Waals surface area contributed by atoms with Crippen LogP contribution in [-0.2, 0) is 4.79 Å². The van der Waals surface area contributed by atoms with Gasteiger partial charge in [-0.05, 0) is 36.0 Å². The molecule has 0 N–H and O–H groups in total. The zero-order chi connectivity index (χ0) is 9.22. The average molecular weight is 178 g/mol. The van der Waals surface area contributed by atoms with Gasteiger partial charge in [0.1, 0.15) is 5.78 Å². The molecule has 0 saturated heterocycles. The molecule has 3 aliphatic carbocycles. The van der Waals surface area contributed by atoms with Gasteiger partial charge >= 0.3 is 0 Å². The number of ketones is 1. The number of carbonyl (C=O) groups excluding carboxylic acids is 1. The first-order valence-electron chi connectivity index (χ1n) is 5.65. The lowest BCUT2D eigenvalue weighted by Crippen LogP contribution is -2.47. The highest BCUT2D eigenvalue weighted by Crippen LogP contribution is 2.66. The molecule has 0 radical (unpaired) electrons. The van der Waals surface area contributed by atoms with Crippen LogP contribution in [0.25, 0.3) is 0 Å². The minimum Gasteiger partial charge on any atom is -0.299 e. The summed E-state index contributed by atoms with van der Waals surface area (Å²) in [6.07, 6.45) is 5.01. The lowest BCUT2D eigenvalue weighted by atomic mass is 9.57. The van der Waals surface area contributed by atoms with E-state index in [9.17, 15) is 4.79 Å². The molecule has 0 amide bonds. The molecule has 0 spiro atoms. The molecular weight excluding hydrogens is 160 g/mol. The molecule has 72 valence electrons. The highest BCUT2D eigenvalue weighted by molar-refractivity contribution is 5.90. The zero-order valence-corrected chi connectivity index (χ0v) is 8.55. The molecule has 3 fully saturated rings. The van der Waals surface area contributed by atoms with Crippen LogP contribution in [0.4, 0.5) is 0 Å². The van der Waals surface area contributed by atoms with Gasteiger partial charge in [0, 0.05) is 12.3 Å². The summed E-state index contributed by atoms with van der Waals surface area (Å²) in [6, 6.07) is 0. The molecule has 0 aromatic carbocycles. The predicted molar refractivity (Wildman–Crippen MR) is 51.2 cm³/mol. The first-order chi connectivity index (χ1) is 6.13. The van der Waals surface area contributed by atoms with E-state index in [2.05, 4.69) is 13.8 Å². The van der Waals surface area contributed by atoms with E-state index in [0.29, 0.717) is 17.1 Å². The Bertz CT molecular complexity index is 270. The molecule has 3 rings (SSSR count). The van der Waals surface area contributed by atoms with Crippen molar-refractivity contribution in [1.82, 2.24) is 0 Å². The fraction of sp³-hybridized carbons (Fsp3) is 0.917. The van der Waals surface area contributed by atoms with Crippen LogP contribution in [0.2, 0.25) is 0 Å². The van der Waals surface area contributed by atoms with E-state index in [1.165, 1.54) is 19.3 Å². The summed E-state index contributed by atoms with van der Waals surface area (Å²) in [5, 5.41) is 0. The monoisotopic (exact) mass is 178 g/mol. The summed E-state index contributed by atoms with van der Waals surface area (Å²) >= 11 is 0. The van der Waals surface area contributed by atoms with E-state index in [1.807, 2.05) is 0 Å². The normalized spacial score (nSPS) is 58.8. The Kier molecular flexibility index (Phi) is 1.35. The summed E-state index contributed by atoms with van der Waals surface area (Å²) < 4.78 is 0. The summed E-state index contributed by atoms with van der Waals surface area (Å²) in [6.45, 7) is 4.71. The van der Waals surface area contributed by atoms with Crippen molar-refractivity contribution in [2.24, 2.45) is 29.1 Å². The van der Waals surface area contributed by atoms with Gasteiger partial charge in [0.05, 0.1) is 0 Å². The maximum Gasteiger partial charge on any atom is 0.137 e. The minimum absolute atomic E-state index is 0.437. The third-order valence-electron chi connectivity index (χ3n) is 5.23. The van der Waals surface area contributed by atoms with Crippen molar-refractivity contribution in [1.29, 1.82) is 0 Å². The Hall–Kier alpha value is -0.330. The number of rotatable bonds is 0. The van der Waals surface area contributed by atoms with Gasteiger partial charge in [0.15, 0.2) is 0 Å². The van der Waals surface area contributed by atoms with Crippen LogP contribution >= 0.6 is 0 Å². The molecule has 0 aliphatic heterocycles. The summed E-state index contributed by atoms with van der Waals surface area (Å²) in [7, 11) is 0. The van der Waals surface area contributed by atoms with Crippen molar-refractivity contribution in [3.8, 4) is 0 Å². The van der Waals surface area contributed by atoms with Gasteiger partial charge in [-0.25, -0.2) is 0 Å². The summed E-state index contributed by atoms with van der Waals surface area (Å²) in [4.78, 5) is 11.6. The van der Waals surface area contributed by atoms with Crippen molar-refractivity contribution >= 4 is 5.78 Å². The molecule has 3 aliphatic rings. The lowest BCUT2D eigenvalue weighted by Gasteiger charge is -2.44. The Morgan fingerprint density at radius 1 is 1.38 bits per heavy atom. The van der Waals surface area contributed by atoms with E-state index in [0.717, 1.165) is 24.2 Å². The van der Waals surface area contributed by atoms with Crippen molar-refractivity contribution < 1.29 is 4.79 Å². The van der Waals surface area contributed by atoms with Crippen LogP contribution < -0.4 is 0 Å². The van der Waals surface area contributed by atoms with Gasteiger partial charge in [-0.1, -0.05) is 20.3 Å². The Morgan fingerprint density at radius 3 is 2.85 bits per heavy atom. The molecule has 3 saturated carbocycles. The van der Waals surface area contributed by atoms with Gasteiger partial charge in [0.25, 0.3) is 0 Å². The van der Waals surface area contributed by atoms with Gasteiger partial charge < -0.3 is 0 Å². The van der Waals surface area contributed by atoms with Gasteiger partial charge in [-0.15, -0.1) is 0 Å². The zero-order valence-electron chi connectivity index (χ0n) is 8.55. The third kappa shape index (κ3) is 0.769. The van der Waals surface area contributed by atoms with E-state index in [-0.39, 0.29) is 0 Å². The van der Waals surface area contributed by atoms with Crippen molar-refractivity contribution in [3.05, 3.63) is 0 Å². The maximum atomic E-state index is 11.6. The average Bonchev–Trinajstić information content (AvgIpc) is 2.25. The van der Waals surface area contributed by atoms with Gasteiger partial charge in [-0.2, -0.15) is 0 Å². The van der Waals surface area contributed by atoms with E-state index in [1.54, 1.807) is 0 Å². The van der Waals surface area contributed by atoms with E-state index >= 15 is 0 Å². The molecule has 13 heavy (non-hydrogen) atoms.